The van der Waals surface area contributed by atoms with Gasteiger partial charge in [-0.15, -0.1) is 0 Å². The first-order chi connectivity index (χ1) is 5.95. The summed E-state index contributed by atoms with van der Waals surface area (Å²) in [4.78, 5) is 19.6. The monoisotopic (exact) mass is 208 g/mol. The molecule has 0 rings (SSSR count). The molecule has 74 valence electrons. The molecule has 0 atom stereocenters. The van der Waals surface area contributed by atoms with Crippen LogP contribution in [-0.4, -0.2) is 18.5 Å². The smallest absolute Gasteiger partial charge is 0.545 e. The van der Waals surface area contributed by atoms with Gasteiger partial charge in [-0.1, -0.05) is 13.2 Å². The van der Waals surface area contributed by atoms with Crippen LogP contribution < -0.4 is 34.7 Å². The van der Waals surface area contributed by atoms with E-state index in [0.717, 1.165) is 6.08 Å². The number of carbonyl (C=O) groups excluding carboxylic acids is 2. The molecule has 0 radical (unpaired) electrons. The van der Waals surface area contributed by atoms with Gasteiger partial charge >= 0.3 is 35.5 Å². The maximum atomic E-state index is 10.1. The molecule has 0 unspecified atom stereocenters. The van der Waals surface area contributed by atoms with Crippen molar-refractivity contribution < 1.29 is 49.0 Å². The third-order valence-electron chi connectivity index (χ3n) is 0.802. The molecule has 0 aliphatic carbocycles. The zero-order valence-electron chi connectivity index (χ0n) is 8.83. The van der Waals surface area contributed by atoms with Gasteiger partial charge in [-0.3, -0.25) is 0 Å². The van der Waals surface area contributed by atoms with Gasteiger partial charge in [0.15, 0.2) is 0 Å². The van der Waals surface area contributed by atoms with E-state index in [9.17, 15) is 14.7 Å². The van der Waals surface area contributed by atoms with Crippen molar-refractivity contribution in [2.45, 2.75) is 13.8 Å². The van der Waals surface area contributed by atoms with Crippen molar-refractivity contribution >= 4 is 11.9 Å². The standard InChI is InChI=1S/C5H8O2.C4H6O2.Na/c1-3-5(6)7-4-2;1-3(2)4(5)6;/h3H,1,4H2,2H3;1H2,2H3,(H,5,6);/q;;+1/p-1. The number of hydrogen-bond acceptors (Lipinski definition) is 4. The van der Waals surface area contributed by atoms with Crippen LogP contribution in [0.5, 0.6) is 0 Å². The van der Waals surface area contributed by atoms with Crippen LogP contribution in [0.15, 0.2) is 24.8 Å². The van der Waals surface area contributed by atoms with E-state index in [2.05, 4.69) is 17.9 Å². The molecular weight excluding hydrogens is 195 g/mol. The molecule has 0 aliphatic heterocycles. The molecule has 0 aromatic rings. The fraction of sp³-hybridized carbons (Fsp3) is 0.333. The van der Waals surface area contributed by atoms with E-state index in [4.69, 9.17) is 0 Å². The third kappa shape index (κ3) is 17.5. The Morgan fingerprint density at radius 2 is 1.86 bits per heavy atom. The number of carboxylic acids is 1. The van der Waals surface area contributed by atoms with Gasteiger partial charge in [0, 0.05) is 6.08 Å². The second-order valence-electron chi connectivity index (χ2n) is 2.02. The Labute approximate surface area is 106 Å². The van der Waals surface area contributed by atoms with Crippen molar-refractivity contribution in [2.75, 3.05) is 6.61 Å². The zero-order chi connectivity index (χ0) is 10.9. The predicted octanol–water partition coefficient (Wildman–Crippen LogP) is -2.95. The van der Waals surface area contributed by atoms with E-state index in [0.29, 0.717) is 6.61 Å². The average molecular weight is 208 g/mol. The number of rotatable bonds is 3. The molecule has 0 aromatic carbocycles. The number of aliphatic carboxylic acids is 1. The first-order valence-electron chi connectivity index (χ1n) is 3.61. The zero-order valence-corrected chi connectivity index (χ0v) is 10.8. The SMILES string of the molecule is C=C(C)C(=O)[O-].C=CC(=O)OCC.[Na+]. The Hall–Kier alpha value is -0.580. The second kappa shape index (κ2) is 12.4. The van der Waals surface area contributed by atoms with Gasteiger partial charge in [0.25, 0.3) is 0 Å². The second-order valence-corrected chi connectivity index (χ2v) is 2.02. The van der Waals surface area contributed by atoms with Crippen molar-refractivity contribution in [2.24, 2.45) is 0 Å². The minimum Gasteiger partial charge on any atom is -0.545 e. The summed E-state index contributed by atoms with van der Waals surface area (Å²) >= 11 is 0. The first kappa shape index (κ1) is 19.1. The van der Waals surface area contributed by atoms with Crippen LogP contribution in [0.4, 0.5) is 0 Å². The summed E-state index contributed by atoms with van der Waals surface area (Å²) in [5.74, 6) is -1.54. The molecule has 0 heterocycles. The molecule has 0 aromatic heterocycles. The van der Waals surface area contributed by atoms with E-state index in [-0.39, 0.29) is 41.1 Å². The summed E-state index contributed by atoms with van der Waals surface area (Å²) in [6, 6.07) is 0. The Morgan fingerprint density at radius 3 is 1.93 bits per heavy atom. The number of carbonyl (C=O) groups is 2. The van der Waals surface area contributed by atoms with Gasteiger partial charge in [0.05, 0.1) is 12.6 Å². The largest absolute Gasteiger partial charge is 1.00 e. The Kier molecular flexibility index (Phi) is 16.9. The average Bonchev–Trinajstić information content (AvgIpc) is 2.05. The minimum absolute atomic E-state index is 0. The van der Waals surface area contributed by atoms with E-state index < -0.39 is 5.97 Å². The molecular formula is C9H13NaO4. The number of ether oxygens (including phenoxy) is 1. The summed E-state index contributed by atoms with van der Waals surface area (Å²) in [7, 11) is 0. The molecule has 0 N–H and O–H groups in total. The van der Waals surface area contributed by atoms with Crippen molar-refractivity contribution in [3.63, 3.8) is 0 Å². The summed E-state index contributed by atoms with van der Waals surface area (Å²) < 4.78 is 4.43. The molecule has 0 fully saturated rings. The maximum absolute atomic E-state index is 10.1. The van der Waals surface area contributed by atoms with Crippen molar-refractivity contribution in [3.8, 4) is 0 Å². The summed E-state index contributed by atoms with van der Waals surface area (Å²) in [6.07, 6.45) is 1.14. The quantitative estimate of drug-likeness (QED) is 0.282. The van der Waals surface area contributed by atoms with Crippen molar-refractivity contribution in [1.29, 1.82) is 0 Å². The molecule has 5 heteroatoms. The van der Waals surface area contributed by atoms with Gasteiger partial charge in [0.2, 0.25) is 0 Å². The molecule has 0 saturated heterocycles. The first-order valence-corrected chi connectivity index (χ1v) is 3.61. The summed E-state index contributed by atoms with van der Waals surface area (Å²) in [5, 5.41) is 9.49. The fourth-order valence-corrected chi connectivity index (χ4v) is 0.201. The summed E-state index contributed by atoms with van der Waals surface area (Å²) in [5.41, 5.74) is 0.0648. The molecule has 0 spiro atoms. The van der Waals surface area contributed by atoms with E-state index in [1.54, 1.807) is 6.92 Å². The third-order valence-corrected chi connectivity index (χ3v) is 0.802. The molecule has 0 aliphatic rings. The minimum atomic E-state index is -1.19. The van der Waals surface area contributed by atoms with Crippen LogP contribution in [0.1, 0.15) is 13.8 Å². The Bertz CT molecular complexity index is 199. The van der Waals surface area contributed by atoms with Gasteiger partial charge in [-0.2, -0.15) is 0 Å². The van der Waals surface area contributed by atoms with Crippen molar-refractivity contribution in [3.05, 3.63) is 24.8 Å². The van der Waals surface area contributed by atoms with Crippen molar-refractivity contribution in [1.82, 2.24) is 0 Å². The van der Waals surface area contributed by atoms with Gasteiger partial charge in [-0.25, -0.2) is 4.79 Å². The normalized spacial score (nSPS) is 7.00. The Balaban J connectivity index is -0.000000163. The van der Waals surface area contributed by atoms with Crippen LogP contribution in [0.2, 0.25) is 0 Å². The molecule has 0 saturated carbocycles. The Morgan fingerprint density at radius 1 is 1.50 bits per heavy atom. The fourth-order valence-electron chi connectivity index (χ4n) is 0.201. The topological polar surface area (TPSA) is 66.4 Å². The molecule has 4 nitrogen and oxygen atoms in total. The van der Waals surface area contributed by atoms with E-state index in [1.165, 1.54) is 6.92 Å². The van der Waals surface area contributed by atoms with Crippen LogP contribution in [0, 0.1) is 0 Å². The van der Waals surface area contributed by atoms with Crippen LogP contribution >= 0.6 is 0 Å². The van der Waals surface area contributed by atoms with Gasteiger partial charge in [0.1, 0.15) is 0 Å². The van der Waals surface area contributed by atoms with Crippen LogP contribution in [0.25, 0.3) is 0 Å². The van der Waals surface area contributed by atoms with Gasteiger partial charge < -0.3 is 14.6 Å². The van der Waals surface area contributed by atoms with Gasteiger partial charge in [-0.05, 0) is 19.4 Å². The van der Waals surface area contributed by atoms with Crippen LogP contribution in [-0.2, 0) is 14.3 Å². The predicted molar refractivity (Wildman–Crippen MR) is 46.7 cm³/mol. The molecule has 0 amide bonds. The maximum Gasteiger partial charge on any atom is 1.00 e. The molecule has 0 bridgehead atoms. The molecule has 14 heavy (non-hydrogen) atoms. The van der Waals surface area contributed by atoms with E-state index >= 15 is 0 Å². The number of carboxylic acid groups (broad SMARTS) is 1. The number of hydrogen-bond donors (Lipinski definition) is 0. The number of esters is 1. The summed E-state index contributed by atoms with van der Waals surface area (Å²) in [6.45, 7) is 9.85. The van der Waals surface area contributed by atoms with E-state index in [1.807, 2.05) is 0 Å². The van der Waals surface area contributed by atoms with Crippen LogP contribution in [0.3, 0.4) is 0 Å².